The first-order chi connectivity index (χ1) is 13.6. The molecular formula is C24H27N3O. The average molecular weight is 374 g/mol. The van der Waals surface area contributed by atoms with Crippen molar-refractivity contribution in [2.75, 3.05) is 6.54 Å². The zero-order valence-corrected chi connectivity index (χ0v) is 16.4. The van der Waals surface area contributed by atoms with Crippen LogP contribution < -0.4 is 0 Å². The molecule has 2 unspecified atom stereocenters. The molecule has 1 spiro atoms. The Hall–Kier alpha value is -2.80. The third-order valence-corrected chi connectivity index (χ3v) is 6.94. The first kappa shape index (κ1) is 18.6. The van der Waals surface area contributed by atoms with E-state index in [4.69, 9.17) is 0 Å². The number of nitriles is 1. The fourth-order valence-corrected chi connectivity index (χ4v) is 5.37. The van der Waals surface area contributed by atoms with Gasteiger partial charge in [0.1, 0.15) is 5.75 Å². The fourth-order valence-electron chi connectivity index (χ4n) is 5.37. The summed E-state index contributed by atoms with van der Waals surface area (Å²) in [5.74, 6) is 0.726. The Balaban J connectivity index is 1.88. The molecule has 28 heavy (non-hydrogen) atoms. The van der Waals surface area contributed by atoms with Crippen molar-refractivity contribution in [1.82, 2.24) is 4.90 Å². The predicted octanol–water partition coefficient (Wildman–Crippen LogP) is 5.05. The highest BCUT2D eigenvalue weighted by atomic mass is 16.3. The molecule has 0 aromatic heterocycles. The van der Waals surface area contributed by atoms with Crippen molar-refractivity contribution in [3.63, 3.8) is 0 Å². The van der Waals surface area contributed by atoms with Gasteiger partial charge in [0.15, 0.2) is 0 Å². The van der Waals surface area contributed by atoms with Gasteiger partial charge in [0, 0.05) is 29.8 Å². The number of aromatic hydroxyl groups is 1. The lowest BCUT2D eigenvalue weighted by Crippen LogP contribution is -2.40. The van der Waals surface area contributed by atoms with Gasteiger partial charge in [0.2, 0.25) is 0 Å². The Morgan fingerprint density at radius 2 is 2.21 bits per heavy atom. The van der Waals surface area contributed by atoms with Crippen molar-refractivity contribution in [1.29, 1.82) is 5.26 Å². The van der Waals surface area contributed by atoms with Crippen LogP contribution in [0.25, 0.3) is 5.57 Å². The van der Waals surface area contributed by atoms with Gasteiger partial charge in [-0.3, -0.25) is 0 Å². The van der Waals surface area contributed by atoms with Crippen molar-refractivity contribution in [3.05, 3.63) is 59.8 Å². The molecule has 1 aromatic rings. The average Bonchev–Trinajstić information content (AvgIpc) is 2.83. The van der Waals surface area contributed by atoms with E-state index in [0.717, 1.165) is 48.8 Å². The van der Waals surface area contributed by atoms with Gasteiger partial charge in [0.05, 0.1) is 12.4 Å². The smallest absolute Gasteiger partial charge is 0.116 e. The number of fused-ring (bicyclic) bond motifs is 2. The molecular weight excluding hydrogens is 346 g/mol. The molecule has 4 nitrogen and oxygen atoms in total. The normalized spacial score (nSPS) is 29.7. The Bertz CT molecular complexity index is 920. The summed E-state index contributed by atoms with van der Waals surface area (Å²) < 4.78 is 0. The zero-order valence-electron chi connectivity index (χ0n) is 16.4. The van der Waals surface area contributed by atoms with Crippen LogP contribution in [-0.2, 0) is 0 Å². The third-order valence-electron chi connectivity index (χ3n) is 6.94. The fraction of sp³-hybridized carbons (Fsp3) is 0.417. The van der Waals surface area contributed by atoms with Crippen molar-refractivity contribution in [2.24, 2.45) is 16.3 Å². The molecule has 0 radical (unpaired) electrons. The summed E-state index contributed by atoms with van der Waals surface area (Å²) in [4.78, 5) is 6.57. The van der Waals surface area contributed by atoms with Crippen molar-refractivity contribution in [2.45, 2.75) is 45.1 Å². The number of hydrogen-bond acceptors (Lipinski definition) is 3. The van der Waals surface area contributed by atoms with Gasteiger partial charge < -0.3 is 10.0 Å². The second-order valence-electron chi connectivity index (χ2n) is 8.36. The van der Waals surface area contributed by atoms with Gasteiger partial charge in [-0.1, -0.05) is 31.7 Å². The van der Waals surface area contributed by atoms with Gasteiger partial charge >= 0.3 is 0 Å². The van der Waals surface area contributed by atoms with Crippen LogP contribution in [0.5, 0.6) is 5.75 Å². The molecule has 1 aliphatic heterocycles. The van der Waals surface area contributed by atoms with Crippen molar-refractivity contribution in [3.8, 4) is 11.8 Å². The molecule has 1 fully saturated rings. The van der Waals surface area contributed by atoms with Crippen LogP contribution in [-0.4, -0.2) is 28.9 Å². The second-order valence-corrected chi connectivity index (χ2v) is 8.36. The first-order valence-electron chi connectivity index (χ1n) is 10.1. The van der Waals surface area contributed by atoms with Crippen molar-refractivity contribution < 1.29 is 5.11 Å². The van der Waals surface area contributed by atoms with E-state index >= 15 is 0 Å². The maximum Gasteiger partial charge on any atom is 0.116 e. The van der Waals surface area contributed by atoms with E-state index in [2.05, 4.69) is 41.6 Å². The van der Waals surface area contributed by atoms with Crippen LogP contribution in [0.15, 0.2) is 59.3 Å². The third kappa shape index (κ3) is 3.05. The number of benzene rings is 1. The van der Waals surface area contributed by atoms with Crippen LogP contribution in [0, 0.1) is 22.7 Å². The quantitative estimate of drug-likeness (QED) is 0.596. The minimum Gasteiger partial charge on any atom is -0.508 e. The topological polar surface area (TPSA) is 59.6 Å². The highest BCUT2D eigenvalue weighted by Crippen LogP contribution is 2.55. The van der Waals surface area contributed by atoms with Crippen LogP contribution in [0.3, 0.4) is 0 Å². The summed E-state index contributed by atoms with van der Waals surface area (Å²) >= 11 is 0. The maximum atomic E-state index is 10.2. The molecule has 0 saturated heterocycles. The van der Waals surface area contributed by atoms with Gasteiger partial charge in [-0.15, -0.1) is 0 Å². The lowest BCUT2D eigenvalue weighted by molar-refractivity contribution is 0.211. The summed E-state index contributed by atoms with van der Waals surface area (Å²) in [7, 11) is 0. The zero-order chi connectivity index (χ0) is 19.7. The standard InChI is InChI=1S/C24H27N3O/c1-3-26-16-27-15-20-11-19(18-5-4-6-22(28)12-18)13-24(23(20)14-25)10-9-21(27)8-7-17(24)2/h3-6,11-12,16-17,21,28H,1,7-10,13,15H2,2H3/t17?,21?,24-/m0/s1. The van der Waals surface area contributed by atoms with Crippen molar-refractivity contribution >= 4 is 11.9 Å². The number of phenols is 1. The van der Waals surface area contributed by atoms with E-state index in [-0.39, 0.29) is 11.2 Å². The summed E-state index contributed by atoms with van der Waals surface area (Å²) in [6, 6.07) is 10.5. The molecule has 4 heteroatoms. The van der Waals surface area contributed by atoms with E-state index in [1.54, 1.807) is 12.3 Å². The molecule has 1 saturated carbocycles. The van der Waals surface area contributed by atoms with E-state index in [1.165, 1.54) is 5.57 Å². The van der Waals surface area contributed by atoms with E-state index < -0.39 is 0 Å². The molecule has 3 atom stereocenters. The highest BCUT2D eigenvalue weighted by Gasteiger charge is 2.47. The molecule has 2 aliphatic carbocycles. The van der Waals surface area contributed by atoms with Crippen LogP contribution in [0.4, 0.5) is 0 Å². The van der Waals surface area contributed by atoms with E-state index in [1.807, 2.05) is 18.5 Å². The van der Waals surface area contributed by atoms with Gasteiger partial charge in [-0.25, -0.2) is 4.99 Å². The number of allylic oxidation sites excluding steroid dienone is 2. The lowest BCUT2D eigenvalue weighted by Gasteiger charge is -2.44. The highest BCUT2D eigenvalue weighted by molar-refractivity contribution is 5.74. The van der Waals surface area contributed by atoms with Crippen LogP contribution in [0.2, 0.25) is 0 Å². The number of phenolic OH excluding ortho intramolecular Hbond substituents is 1. The molecule has 3 bridgehead atoms. The number of aliphatic imine (C=N–C) groups is 1. The minimum atomic E-state index is -0.101. The molecule has 4 rings (SSSR count). The molecule has 3 aliphatic rings. The number of hydrogen-bond donors (Lipinski definition) is 1. The number of rotatable bonds is 3. The molecule has 1 N–H and O–H groups in total. The summed E-state index contributed by atoms with van der Waals surface area (Å²) in [6.45, 7) is 6.72. The Morgan fingerprint density at radius 3 is 2.96 bits per heavy atom. The second kappa shape index (κ2) is 7.31. The monoisotopic (exact) mass is 373 g/mol. The minimum absolute atomic E-state index is 0.101. The molecule has 0 amide bonds. The lowest BCUT2D eigenvalue weighted by atomic mass is 9.60. The number of nitrogens with zero attached hydrogens (tertiary/aromatic N) is 3. The summed E-state index contributed by atoms with van der Waals surface area (Å²) in [6.07, 6.45) is 10.8. The van der Waals surface area contributed by atoms with Gasteiger partial charge in [-0.2, -0.15) is 5.26 Å². The van der Waals surface area contributed by atoms with E-state index in [0.29, 0.717) is 18.5 Å². The van der Waals surface area contributed by atoms with Crippen LogP contribution in [0.1, 0.15) is 44.6 Å². The van der Waals surface area contributed by atoms with Gasteiger partial charge in [-0.05, 0) is 66.9 Å². The Morgan fingerprint density at radius 1 is 1.36 bits per heavy atom. The Labute approximate surface area is 167 Å². The Kier molecular flexibility index (Phi) is 4.85. The largest absolute Gasteiger partial charge is 0.508 e. The van der Waals surface area contributed by atoms with Crippen LogP contribution >= 0.6 is 0 Å². The van der Waals surface area contributed by atoms with Gasteiger partial charge in [0.25, 0.3) is 0 Å². The first-order valence-corrected chi connectivity index (χ1v) is 10.1. The maximum absolute atomic E-state index is 10.2. The predicted molar refractivity (Wildman–Crippen MR) is 113 cm³/mol. The summed E-state index contributed by atoms with van der Waals surface area (Å²) in [5, 5.41) is 20.1. The SMILES string of the molecule is C=CN=CN1CC2=C(C#N)[C@@]3(CCC1CCC3C)CC(c1cccc(O)c1)=C2. The van der Waals surface area contributed by atoms with E-state index in [9.17, 15) is 10.4 Å². The summed E-state index contributed by atoms with van der Waals surface area (Å²) in [5.41, 5.74) is 4.23. The molecule has 1 heterocycles. The molecule has 1 aromatic carbocycles. The molecule has 144 valence electrons.